The Kier molecular flexibility index (Phi) is 8.31. The minimum atomic E-state index is -2.42. The predicted octanol–water partition coefficient (Wildman–Crippen LogP) is 0.977. The van der Waals surface area contributed by atoms with Gasteiger partial charge in [0.05, 0.1) is 18.3 Å². The van der Waals surface area contributed by atoms with E-state index in [-0.39, 0.29) is 31.0 Å². The Morgan fingerprint density at radius 1 is 1.32 bits per heavy atom. The van der Waals surface area contributed by atoms with E-state index < -0.39 is 35.3 Å². The first-order valence-corrected chi connectivity index (χ1v) is 9.94. The molecule has 0 aromatic carbocycles. The highest BCUT2D eigenvalue weighted by molar-refractivity contribution is 6.29. The zero-order valence-electron chi connectivity index (χ0n) is 17.0. The SMILES string of the molecule is CC(C)C[C@H](NC(=O)c1cc2ccncc2[nH]1)C(=O)NN(CCC(N)=O)C(=O)C(F)Cl. The first-order chi connectivity index (χ1) is 14.6. The average Bonchev–Trinajstić information content (AvgIpc) is 3.13. The molecule has 0 aliphatic rings. The Labute approximate surface area is 182 Å². The van der Waals surface area contributed by atoms with Crippen molar-refractivity contribution in [2.75, 3.05) is 6.54 Å². The van der Waals surface area contributed by atoms with Crippen LogP contribution in [-0.4, -0.2) is 56.8 Å². The quantitative estimate of drug-likeness (QED) is 0.329. The summed E-state index contributed by atoms with van der Waals surface area (Å²) >= 11 is 5.18. The van der Waals surface area contributed by atoms with E-state index in [0.717, 1.165) is 5.39 Å². The first kappa shape index (κ1) is 24.1. The van der Waals surface area contributed by atoms with Crippen molar-refractivity contribution >= 4 is 46.1 Å². The maximum atomic E-state index is 13.3. The summed E-state index contributed by atoms with van der Waals surface area (Å²) in [6.45, 7) is 3.31. The molecule has 2 rings (SSSR count). The highest BCUT2D eigenvalue weighted by atomic mass is 35.5. The fraction of sp³-hybridized carbons (Fsp3) is 0.421. The number of nitrogens with one attached hydrogen (secondary N) is 3. The molecule has 2 heterocycles. The van der Waals surface area contributed by atoms with Crippen molar-refractivity contribution < 1.29 is 23.6 Å². The molecule has 31 heavy (non-hydrogen) atoms. The number of halogens is 2. The van der Waals surface area contributed by atoms with E-state index in [1.165, 1.54) is 0 Å². The molecule has 0 spiro atoms. The summed E-state index contributed by atoms with van der Waals surface area (Å²) in [4.78, 5) is 55.3. The number of carbonyl (C=O) groups is 4. The number of H-pyrrole nitrogens is 1. The van der Waals surface area contributed by atoms with Gasteiger partial charge in [-0.1, -0.05) is 25.4 Å². The van der Waals surface area contributed by atoms with Gasteiger partial charge in [0.2, 0.25) is 5.91 Å². The fourth-order valence-corrected chi connectivity index (χ4v) is 2.92. The molecule has 0 saturated heterocycles. The maximum Gasteiger partial charge on any atom is 0.291 e. The van der Waals surface area contributed by atoms with Crippen LogP contribution in [-0.2, 0) is 14.4 Å². The monoisotopic (exact) mass is 454 g/mol. The topological polar surface area (TPSA) is 150 Å². The lowest BCUT2D eigenvalue weighted by molar-refractivity contribution is -0.144. The molecular formula is C19H24ClFN6O4. The molecule has 10 nitrogen and oxygen atoms in total. The molecule has 0 aliphatic carbocycles. The number of fused-ring (bicyclic) bond motifs is 1. The van der Waals surface area contributed by atoms with Crippen LogP contribution < -0.4 is 16.5 Å². The number of nitrogens with two attached hydrogens (primary N) is 1. The van der Waals surface area contributed by atoms with Crippen LogP contribution in [0.3, 0.4) is 0 Å². The average molecular weight is 455 g/mol. The number of aromatic amines is 1. The van der Waals surface area contributed by atoms with Gasteiger partial charge in [-0.05, 0) is 24.5 Å². The summed E-state index contributed by atoms with van der Waals surface area (Å²) in [5.74, 6) is -3.33. The number of primary amides is 1. The minimum absolute atomic E-state index is 0.000291. The second-order valence-corrected chi connectivity index (χ2v) is 7.67. The van der Waals surface area contributed by atoms with Crippen molar-refractivity contribution in [1.29, 1.82) is 0 Å². The number of aromatic nitrogens is 2. The second-order valence-electron chi connectivity index (χ2n) is 7.28. The number of amides is 4. The van der Waals surface area contributed by atoms with Crippen LogP contribution in [0, 0.1) is 5.92 Å². The van der Waals surface area contributed by atoms with Gasteiger partial charge < -0.3 is 16.0 Å². The van der Waals surface area contributed by atoms with Gasteiger partial charge in [-0.3, -0.25) is 29.6 Å². The lowest BCUT2D eigenvalue weighted by Crippen LogP contribution is -2.56. The second kappa shape index (κ2) is 10.7. The normalized spacial score (nSPS) is 12.9. The van der Waals surface area contributed by atoms with Crippen LogP contribution in [0.5, 0.6) is 0 Å². The van der Waals surface area contributed by atoms with Crippen LogP contribution in [0.1, 0.15) is 37.2 Å². The molecule has 5 N–H and O–H groups in total. The predicted molar refractivity (Wildman–Crippen MR) is 111 cm³/mol. The number of alkyl halides is 2. The van der Waals surface area contributed by atoms with Gasteiger partial charge in [-0.2, -0.15) is 0 Å². The summed E-state index contributed by atoms with van der Waals surface area (Å²) in [6.07, 6.45) is 3.06. The van der Waals surface area contributed by atoms with Crippen LogP contribution in [0.15, 0.2) is 24.5 Å². The maximum absolute atomic E-state index is 13.3. The van der Waals surface area contributed by atoms with E-state index in [0.29, 0.717) is 10.5 Å². The van der Waals surface area contributed by atoms with E-state index in [2.05, 4.69) is 20.7 Å². The third-order valence-corrected chi connectivity index (χ3v) is 4.46. The molecule has 0 bridgehead atoms. The summed E-state index contributed by atoms with van der Waals surface area (Å²) in [5, 5.41) is 3.95. The van der Waals surface area contributed by atoms with Gasteiger partial charge in [-0.25, -0.2) is 9.40 Å². The largest absolute Gasteiger partial charge is 0.370 e. The van der Waals surface area contributed by atoms with E-state index >= 15 is 0 Å². The summed E-state index contributed by atoms with van der Waals surface area (Å²) < 4.78 is 13.3. The number of hydrogen-bond donors (Lipinski definition) is 4. The zero-order chi connectivity index (χ0) is 23.1. The van der Waals surface area contributed by atoms with Gasteiger partial charge in [0.15, 0.2) is 0 Å². The number of carbonyl (C=O) groups excluding carboxylic acids is 4. The van der Waals surface area contributed by atoms with Crippen molar-refractivity contribution in [3.05, 3.63) is 30.2 Å². The molecule has 2 aromatic rings. The number of hydrazine groups is 1. The Morgan fingerprint density at radius 3 is 2.61 bits per heavy atom. The highest BCUT2D eigenvalue weighted by Crippen LogP contribution is 2.14. The highest BCUT2D eigenvalue weighted by Gasteiger charge is 2.29. The molecule has 0 saturated carbocycles. The van der Waals surface area contributed by atoms with E-state index in [1.807, 2.05) is 13.8 Å². The van der Waals surface area contributed by atoms with E-state index in [4.69, 9.17) is 17.3 Å². The molecule has 0 radical (unpaired) electrons. The molecular weight excluding hydrogens is 431 g/mol. The number of pyridine rings is 1. The van der Waals surface area contributed by atoms with E-state index in [9.17, 15) is 23.6 Å². The number of rotatable bonds is 9. The molecule has 2 aromatic heterocycles. The van der Waals surface area contributed by atoms with Gasteiger partial charge in [0.25, 0.3) is 23.4 Å². The Balaban J connectivity index is 2.16. The van der Waals surface area contributed by atoms with Crippen molar-refractivity contribution in [3.8, 4) is 0 Å². The van der Waals surface area contributed by atoms with E-state index in [1.54, 1.807) is 24.5 Å². The number of hydrogen-bond acceptors (Lipinski definition) is 5. The van der Waals surface area contributed by atoms with Gasteiger partial charge in [0.1, 0.15) is 11.7 Å². The lowest BCUT2D eigenvalue weighted by Gasteiger charge is -2.27. The first-order valence-electron chi connectivity index (χ1n) is 9.50. The summed E-state index contributed by atoms with van der Waals surface area (Å²) in [6, 6.07) is 2.29. The standard InChI is InChI=1S/C19H24ClFN6O4/c1-10(2)7-12(18(30)26-27(6-4-15(22)28)19(31)16(20)21)25-17(29)13-8-11-3-5-23-9-14(11)24-13/h3,5,8-10,12,16,24H,4,6-7H2,1-2H3,(H2,22,28)(H,25,29)(H,26,30)/t12-,16?/m0/s1. The molecule has 168 valence electrons. The molecule has 4 amide bonds. The fourth-order valence-electron chi connectivity index (χ4n) is 2.81. The lowest BCUT2D eigenvalue weighted by atomic mass is 10.0. The molecule has 0 fully saturated rings. The third kappa shape index (κ3) is 6.92. The minimum Gasteiger partial charge on any atom is -0.370 e. The Bertz CT molecular complexity index is 931. The Hall–Kier alpha value is -3.21. The molecule has 1 unspecified atom stereocenters. The molecule has 12 heteroatoms. The van der Waals surface area contributed by atoms with Crippen LogP contribution in [0.4, 0.5) is 4.39 Å². The zero-order valence-corrected chi connectivity index (χ0v) is 17.8. The van der Waals surface area contributed by atoms with Crippen molar-refractivity contribution in [3.63, 3.8) is 0 Å². The van der Waals surface area contributed by atoms with Crippen LogP contribution in [0.2, 0.25) is 0 Å². The van der Waals surface area contributed by atoms with Crippen LogP contribution >= 0.6 is 11.6 Å². The van der Waals surface area contributed by atoms with Crippen molar-refractivity contribution in [2.45, 2.75) is 38.4 Å². The van der Waals surface area contributed by atoms with Gasteiger partial charge in [0, 0.05) is 18.0 Å². The smallest absolute Gasteiger partial charge is 0.291 e. The summed E-state index contributed by atoms with van der Waals surface area (Å²) in [7, 11) is 0. The van der Waals surface area contributed by atoms with Gasteiger partial charge in [-0.15, -0.1) is 0 Å². The molecule has 2 atom stereocenters. The molecule has 0 aliphatic heterocycles. The van der Waals surface area contributed by atoms with Crippen molar-refractivity contribution in [2.24, 2.45) is 11.7 Å². The summed E-state index contributed by atoms with van der Waals surface area (Å²) in [5.41, 5.74) is 5.72. The Morgan fingerprint density at radius 2 is 2.03 bits per heavy atom. The number of nitrogens with zero attached hydrogens (tertiary/aromatic N) is 2. The van der Waals surface area contributed by atoms with Crippen LogP contribution in [0.25, 0.3) is 10.9 Å². The van der Waals surface area contributed by atoms with Crippen molar-refractivity contribution in [1.82, 2.24) is 25.7 Å². The third-order valence-electron chi connectivity index (χ3n) is 4.28. The van der Waals surface area contributed by atoms with Gasteiger partial charge >= 0.3 is 0 Å².